The molecule has 0 aromatic heterocycles. The largest absolute Gasteiger partial charge is 0.756 e. The highest BCUT2D eigenvalue weighted by Crippen LogP contribution is 2.25. The van der Waals surface area contributed by atoms with Crippen molar-refractivity contribution in [2.24, 2.45) is 0 Å². The van der Waals surface area contributed by atoms with E-state index in [4.69, 9.17) is 53.8 Å². The highest BCUT2D eigenvalue weighted by atomic mass is 31.2. The molecule has 0 bridgehead atoms. The lowest BCUT2D eigenvalue weighted by molar-refractivity contribution is -0.870. The van der Waals surface area contributed by atoms with Crippen LogP contribution in [0.5, 0.6) is 0 Å². The first-order chi connectivity index (χ1) is 9.33. The molecule has 1 atom stereocenters. The Morgan fingerprint density at radius 3 is 1.18 bits per heavy atom. The minimum atomic E-state index is -4.89. The molecule has 0 saturated carbocycles. The van der Waals surface area contributed by atoms with Gasteiger partial charge in [0.15, 0.2) is 0 Å². The molecule has 0 aliphatic heterocycles. The van der Waals surface area contributed by atoms with Crippen LogP contribution in [0.1, 0.15) is 6.92 Å². The number of aliphatic hydroxyl groups is 3. The Morgan fingerprint density at radius 1 is 1.00 bits per heavy atom. The van der Waals surface area contributed by atoms with Crippen LogP contribution >= 0.6 is 15.6 Å². The Morgan fingerprint density at radius 2 is 1.18 bits per heavy atom. The summed E-state index contributed by atoms with van der Waals surface area (Å²) in [6.45, 7) is 2.50. The van der Waals surface area contributed by atoms with Crippen molar-refractivity contribution in [1.82, 2.24) is 0 Å². The van der Waals surface area contributed by atoms with Crippen LogP contribution in [0.2, 0.25) is 0 Å². The molecule has 0 aromatic rings. The molecule has 0 radical (unpaired) electrons. The molecule has 14 heteroatoms. The zero-order valence-electron chi connectivity index (χ0n) is 12.8. The van der Waals surface area contributed by atoms with E-state index in [1.807, 2.05) is 0 Å². The van der Waals surface area contributed by atoms with E-state index in [2.05, 4.69) is 21.1 Å². The molecule has 140 valence electrons. The summed E-state index contributed by atoms with van der Waals surface area (Å²) in [6.07, 6.45) is -0.560. The first-order valence-corrected chi connectivity index (χ1v) is 8.68. The van der Waals surface area contributed by atoms with E-state index in [1.165, 1.54) is 6.92 Å². The molecule has 22 heavy (non-hydrogen) atoms. The van der Waals surface area contributed by atoms with E-state index in [-0.39, 0.29) is 13.2 Å². The van der Waals surface area contributed by atoms with Gasteiger partial charge >= 0.3 is 7.82 Å². The monoisotopic (exact) mass is 375 g/mol. The van der Waals surface area contributed by atoms with Crippen LogP contribution in [0.15, 0.2) is 0 Å². The van der Waals surface area contributed by atoms with Gasteiger partial charge in [-0.2, -0.15) is 0 Å². The second-order valence-electron chi connectivity index (χ2n) is 4.77. The fraction of sp³-hybridized carbons (Fsp3) is 1.00. The minimum absolute atomic E-state index is 0.139. The van der Waals surface area contributed by atoms with Gasteiger partial charge in [0.05, 0.1) is 40.5 Å². The maximum absolute atomic E-state index is 8.88. The maximum atomic E-state index is 8.88. The van der Waals surface area contributed by atoms with Crippen molar-refractivity contribution < 1.29 is 58.3 Å². The van der Waals surface area contributed by atoms with Crippen molar-refractivity contribution in [2.45, 2.75) is 13.0 Å². The van der Waals surface area contributed by atoms with Crippen LogP contribution in [0.25, 0.3) is 0 Å². The van der Waals surface area contributed by atoms with Crippen LogP contribution in [-0.4, -0.2) is 91.3 Å². The Labute approximate surface area is 129 Å². The Balaban J connectivity index is -0.0000000995. The summed E-state index contributed by atoms with van der Waals surface area (Å²) in [6, 6.07) is 0. The molecular formula is C8H27NO11P2. The van der Waals surface area contributed by atoms with Gasteiger partial charge in [0.25, 0.3) is 7.82 Å². The Hall–Kier alpha value is 0.0600. The van der Waals surface area contributed by atoms with Crippen molar-refractivity contribution in [3.63, 3.8) is 0 Å². The summed E-state index contributed by atoms with van der Waals surface area (Å²) < 4.78 is 18.5. The van der Waals surface area contributed by atoms with E-state index in [0.717, 1.165) is 11.0 Å². The standard InChI is InChI=1S/C5H14NO.C3H8O2.2H3O4P/c1-6(2,3)4-5-7;1-3(5)2-4;2*1-5(2,3)4/h7H,4-5H2,1-3H3;3-5H,2H2,1H3;2*(H3,1,2,3,4)/q+1;;;/p-1. The van der Waals surface area contributed by atoms with E-state index >= 15 is 0 Å². The van der Waals surface area contributed by atoms with Crippen LogP contribution in [0.4, 0.5) is 0 Å². The zero-order valence-corrected chi connectivity index (χ0v) is 14.6. The zero-order chi connectivity index (χ0) is 19.2. The molecule has 0 aliphatic rings. The highest BCUT2D eigenvalue weighted by Gasteiger charge is 2.02. The number of aliphatic hydroxyl groups excluding tert-OH is 3. The number of likely N-dealkylation sites (N-methyl/N-ethyl adjacent to an activating group) is 1. The summed E-state index contributed by atoms with van der Waals surface area (Å²) >= 11 is 0. The average Bonchev–Trinajstić information content (AvgIpc) is 2.10. The lowest BCUT2D eigenvalue weighted by Crippen LogP contribution is -2.36. The summed E-state index contributed by atoms with van der Waals surface area (Å²) in [5, 5.41) is 24.4. The number of hydrogen-bond acceptors (Lipinski definition) is 6. The molecule has 0 fully saturated rings. The van der Waals surface area contributed by atoms with Crippen molar-refractivity contribution in [3.05, 3.63) is 0 Å². The number of quaternary nitrogens is 1. The Kier molecular flexibility index (Phi) is 20.0. The normalized spacial score (nSPS) is 12.6. The van der Waals surface area contributed by atoms with Crippen LogP contribution in [-0.2, 0) is 9.13 Å². The highest BCUT2D eigenvalue weighted by molar-refractivity contribution is 7.45. The average molecular weight is 375 g/mol. The van der Waals surface area contributed by atoms with Crippen LogP contribution in [0.3, 0.4) is 0 Å². The fourth-order valence-electron chi connectivity index (χ4n) is 0.300. The smallest absolute Gasteiger partial charge is 0.466 e. The lowest BCUT2D eigenvalue weighted by atomic mass is 10.5. The molecule has 0 amide bonds. The molecule has 0 heterocycles. The third kappa shape index (κ3) is 198. The summed E-state index contributed by atoms with van der Waals surface area (Å²) in [5.41, 5.74) is 0. The van der Waals surface area contributed by atoms with Gasteiger partial charge in [-0.1, -0.05) is 0 Å². The predicted molar refractivity (Wildman–Crippen MR) is 75.1 cm³/mol. The van der Waals surface area contributed by atoms with Crippen LogP contribution < -0.4 is 4.89 Å². The Bertz CT molecular complexity index is 282. The summed E-state index contributed by atoms with van der Waals surface area (Å²) in [5.74, 6) is 0. The first-order valence-electron chi connectivity index (χ1n) is 5.58. The van der Waals surface area contributed by atoms with Gasteiger partial charge in [-0.25, -0.2) is 4.57 Å². The third-order valence-electron chi connectivity index (χ3n) is 1.04. The number of nitrogens with zero attached hydrogens (tertiary/aromatic N) is 1. The topological polar surface area (TPSA) is 219 Å². The van der Waals surface area contributed by atoms with Gasteiger partial charge in [-0.3, -0.25) is 4.57 Å². The van der Waals surface area contributed by atoms with Crippen molar-refractivity contribution in [1.29, 1.82) is 0 Å². The van der Waals surface area contributed by atoms with E-state index in [1.54, 1.807) is 0 Å². The van der Waals surface area contributed by atoms with Crippen LogP contribution in [0, 0.1) is 0 Å². The summed E-state index contributed by atoms with van der Waals surface area (Å²) in [4.78, 5) is 44.5. The molecule has 12 nitrogen and oxygen atoms in total. The molecule has 0 saturated heterocycles. The molecular weight excluding hydrogens is 348 g/mol. The van der Waals surface area contributed by atoms with Gasteiger partial charge in [-0.15, -0.1) is 0 Å². The van der Waals surface area contributed by atoms with Gasteiger partial charge in [0, 0.05) is 0 Å². The second-order valence-corrected chi connectivity index (χ2v) is 6.78. The number of rotatable bonds is 3. The van der Waals surface area contributed by atoms with Gasteiger partial charge in [-0.05, 0) is 6.92 Å². The molecule has 0 aliphatic carbocycles. The van der Waals surface area contributed by atoms with Crippen molar-refractivity contribution in [3.8, 4) is 0 Å². The van der Waals surface area contributed by atoms with E-state index in [0.29, 0.717) is 0 Å². The summed E-state index contributed by atoms with van der Waals surface area (Å²) in [7, 11) is -3.37. The molecule has 8 N–H and O–H groups in total. The van der Waals surface area contributed by atoms with Gasteiger partial charge in [0.2, 0.25) is 0 Å². The second kappa shape index (κ2) is 14.6. The van der Waals surface area contributed by atoms with Crippen molar-refractivity contribution >= 4 is 15.6 Å². The first kappa shape index (κ1) is 30.0. The predicted octanol–water partition coefficient (Wildman–Crippen LogP) is -3.44. The van der Waals surface area contributed by atoms with Gasteiger partial charge in [0.1, 0.15) is 6.54 Å². The molecule has 0 aromatic carbocycles. The quantitative estimate of drug-likeness (QED) is 0.179. The van der Waals surface area contributed by atoms with E-state index < -0.39 is 21.7 Å². The van der Waals surface area contributed by atoms with Gasteiger partial charge < -0.3 is 49.2 Å². The molecule has 0 spiro atoms. The molecule has 1 unspecified atom stereocenters. The maximum Gasteiger partial charge on any atom is 0.466 e. The molecule has 0 rings (SSSR count). The number of hydrogen-bond donors (Lipinski definition) is 8. The lowest BCUT2D eigenvalue weighted by Gasteiger charge is -2.21. The van der Waals surface area contributed by atoms with E-state index in [9.17, 15) is 0 Å². The SMILES string of the molecule is CC(O)CO.C[N+](C)(C)CCO.O=P(O)(O)O.O=P([O-])(O)O. The fourth-order valence-corrected chi connectivity index (χ4v) is 0.300. The third-order valence-corrected chi connectivity index (χ3v) is 1.04. The number of phosphoric acid groups is 2. The van der Waals surface area contributed by atoms with Crippen molar-refractivity contribution in [2.75, 3.05) is 40.9 Å². The minimum Gasteiger partial charge on any atom is -0.756 e.